The molecule has 0 radical (unpaired) electrons. The fourth-order valence-corrected chi connectivity index (χ4v) is 1.19. The lowest BCUT2D eigenvalue weighted by molar-refractivity contribution is -0.386. The van der Waals surface area contributed by atoms with Crippen LogP contribution in [0.3, 0.4) is 0 Å². The first-order valence-corrected chi connectivity index (χ1v) is 4.37. The molecule has 0 saturated heterocycles. The van der Waals surface area contributed by atoms with Gasteiger partial charge in [-0.3, -0.25) is 10.1 Å². The van der Waals surface area contributed by atoms with Crippen LogP contribution in [0.4, 0.5) is 18.9 Å². The quantitative estimate of drug-likeness (QED) is 0.659. The number of nitro groups is 1. The fraction of sp³-hybridized carbons (Fsp3) is 0.250. The van der Waals surface area contributed by atoms with Gasteiger partial charge in [0.05, 0.1) is 18.2 Å². The zero-order valence-electron chi connectivity index (χ0n) is 9.09. The van der Waals surface area contributed by atoms with Crippen LogP contribution in [-0.2, 0) is 0 Å². The maximum absolute atomic E-state index is 12.1. The van der Waals surface area contributed by atoms with Crippen LogP contribution in [0.1, 0.15) is 10.4 Å². The summed E-state index contributed by atoms with van der Waals surface area (Å²) in [7, 11) is 0.950. The van der Waals surface area contributed by atoms with Gasteiger partial charge in [-0.1, -0.05) is 0 Å². The van der Waals surface area contributed by atoms with E-state index in [0.717, 1.165) is 7.11 Å². The zero-order chi connectivity index (χ0) is 14.8. The SMILES string of the molecule is COc1ncc(OC(F)(F)F)c(C(=O)O)c1[N+](=O)[O-]. The number of ether oxygens (including phenoxy) is 2. The Morgan fingerprint density at radius 2 is 2.11 bits per heavy atom. The highest BCUT2D eigenvalue weighted by molar-refractivity contribution is 5.96. The van der Waals surface area contributed by atoms with E-state index in [4.69, 9.17) is 5.11 Å². The molecule has 19 heavy (non-hydrogen) atoms. The summed E-state index contributed by atoms with van der Waals surface area (Å²) in [6, 6.07) is 0. The van der Waals surface area contributed by atoms with Crippen molar-refractivity contribution in [2.45, 2.75) is 6.36 Å². The Bertz CT molecular complexity index is 530. The van der Waals surface area contributed by atoms with E-state index in [-0.39, 0.29) is 0 Å². The summed E-state index contributed by atoms with van der Waals surface area (Å²) in [5, 5.41) is 19.5. The van der Waals surface area contributed by atoms with E-state index in [9.17, 15) is 28.1 Å². The normalized spacial score (nSPS) is 10.9. The summed E-state index contributed by atoms with van der Waals surface area (Å²) in [5.74, 6) is -4.02. The van der Waals surface area contributed by atoms with E-state index >= 15 is 0 Å². The maximum Gasteiger partial charge on any atom is 0.573 e. The van der Waals surface area contributed by atoms with Crippen molar-refractivity contribution in [3.63, 3.8) is 0 Å². The van der Waals surface area contributed by atoms with Gasteiger partial charge in [-0.15, -0.1) is 13.2 Å². The molecule has 0 aromatic carbocycles. The number of hydrogen-bond acceptors (Lipinski definition) is 6. The van der Waals surface area contributed by atoms with Gasteiger partial charge in [0.15, 0.2) is 11.3 Å². The molecule has 0 saturated carbocycles. The third-order valence-electron chi connectivity index (χ3n) is 1.80. The van der Waals surface area contributed by atoms with E-state index in [0.29, 0.717) is 6.20 Å². The van der Waals surface area contributed by atoms with Gasteiger partial charge in [-0.25, -0.2) is 9.78 Å². The van der Waals surface area contributed by atoms with Gasteiger partial charge in [0, 0.05) is 0 Å². The second-order valence-corrected chi connectivity index (χ2v) is 2.97. The third-order valence-corrected chi connectivity index (χ3v) is 1.80. The lowest BCUT2D eigenvalue weighted by Crippen LogP contribution is -2.20. The number of carbonyl (C=O) groups is 1. The number of carboxylic acids is 1. The minimum absolute atomic E-state index is 0.378. The average Bonchev–Trinajstić information content (AvgIpc) is 2.25. The number of aromatic nitrogens is 1. The Balaban J connectivity index is 3.54. The Morgan fingerprint density at radius 1 is 1.53 bits per heavy atom. The van der Waals surface area contributed by atoms with Crippen LogP contribution in [0.2, 0.25) is 0 Å². The Morgan fingerprint density at radius 3 is 2.47 bits per heavy atom. The van der Waals surface area contributed by atoms with E-state index in [1.807, 2.05) is 0 Å². The molecule has 0 aliphatic heterocycles. The number of alkyl halides is 3. The Kier molecular flexibility index (Phi) is 3.77. The van der Waals surface area contributed by atoms with Crippen molar-refractivity contribution < 1.29 is 37.5 Å². The lowest BCUT2D eigenvalue weighted by Gasteiger charge is -2.11. The highest BCUT2D eigenvalue weighted by Gasteiger charge is 2.38. The molecule has 0 spiro atoms. The van der Waals surface area contributed by atoms with E-state index in [2.05, 4.69) is 14.5 Å². The van der Waals surface area contributed by atoms with Crippen molar-refractivity contribution in [3.05, 3.63) is 21.9 Å². The van der Waals surface area contributed by atoms with Gasteiger partial charge in [-0.2, -0.15) is 0 Å². The minimum Gasteiger partial charge on any atom is -0.477 e. The molecular weight excluding hydrogens is 277 g/mol. The highest BCUT2D eigenvalue weighted by Crippen LogP contribution is 2.37. The van der Waals surface area contributed by atoms with Crippen LogP contribution in [-0.4, -0.2) is 34.5 Å². The molecule has 8 nitrogen and oxygen atoms in total. The van der Waals surface area contributed by atoms with Crippen LogP contribution in [0.25, 0.3) is 0 Å². The van der Waals surface area contributed by atoms with Crippen LogP contribution >= 0.6 is 0 Å². The standard InChI is InChI=1S/C8H5F3N2O6/c1-18-6-5(13(16)17)4(7(14)15)3(2-12-6)19-8(9,10)11/h2H,1H3,(H,14,15). The molecule has 0 fully saturated rings. The van der Waals surface area contributed by atoms with Crippen molar-refractivity contribution in [3.8, 4) is 11.6 Å². The maximum atomic E-state index is 12.1. The van der Waals surface area contributed by atoms with Crippen molar-refractivity contribution in [2.24, 2.45) is 0 Å². The van der Waals surface area contributed by atoms with E-state index in [1.54, 1.807) is 0 Å². The molecular formula is C8H5F3N2O6. The summed E-state index contributed by atoms with van der Waals surface area (Å²) in [5.41, 5.74) is -2.52. The number of aromatic carboxylic acids is 1. The molecule has 1 N–H and O–H groups in total. The van der Waals surface area contributed by atoms with Gasteiger partial charge in [0.1, 0.15) is 0 Å². The molecule has 0 aliphatic carbocycles. The van der Waals surface area contributed by atoms with Crippen LogP contribution in [0.15, 0.2) is 6.20 Å². The lowest BCUT2D eigenvalue weighted by atomic mass is 10.2. The second-order valence-electron chi connectivity index (χ2n) is 2.97. The number of halogens is 3. The molecule has 1 rings (SSSR count). The number of carboxylic acid groups (broad SMARTS) is 1. The van der Waals surface area contributed by atoms with Gasteiger partial charge in [-0.05, 0) is 0 Å². The highest BCUT2D eigenvalue weighted by atomic mass is 19.4. The van der Waals surface area contributed by atoms with Crippen LogP contribution in [0, 0.1) is 10.1 Å². The summed E-state index contributed by atoms with van der Waals surface area (Å²) >= 11 is 0. The second kappa shape index (κ2) is 4.96. The molecule has 1 heterocycles. The average molecular weight is 282 g/mol. The predicted molar refractivity (Wildman–Crippen MR) is 51.1 cm³/mol. The molecule has 0 aliphatic rings. The molecule has 0 amide bonds. The topological polar surface area (TPSA) is 112 Å². The van der Waals surface area contributed by atoms with Crippen molar-refractivity contribution in [1.82, 2.24) is 4.98 Å². The largest absolute Gasteiger partial charge is 0.573 e. The number of hydrogen-bond donors (Lipinski definition) is 1. The molecule has 0 unspecified atom stereocenters. The predicted octanol–water partition coefficient (Wildman–Crippen LogP) is 1.60. The minimum atomic E-state index is -5.21. The number of methoxy groups -OCH3 is 1. The van der Waals surface area contributed by atoms with Gasteiger partial charge < -0.3 is 14.6 Å². The monoisotopic (exact) mass is 282 g/mol. The molecule has 0 bridgehead atoms. The number of pyridine rings is 1. The number of rotatable bonds is 4. The Labute approximate surface area is 102 Å². The number of nitrogens with zero attached hydrogens (tertiary/aromatic N) is 2. The van der Waals surface area contributed by atoms with E-state index in [1.165, 1.54) is 0 Å². The summed E-state index contributed by atoms with van der Waals surface area (Å²) in [6.45, 7) is 0. The van der Waals surface area contributed by atoms with Gasteiger partial charge in [0.25, 0.3) is 5.88 Å². The van der Waals surface area contributed by atoms with Gasteiger partial charge >= 0.3 is 18.0 Å². The molecule has 0 atom stereocenters. The van der Waals surface area contributed by atoms with Crippen LogP contribution in [0.5, 0.6) is 11.6 Å². The van der Waals surface area contributed by atoms with Gasteiger partial charge in [0.2, 0.25) is 0 Å². The van der Waals surface area contributed by atoms with Crippen molar-refractivity contribution in [1.29, 1.82) is 0 Å². The first-order chi connectivity index (χ1) is 8.67. The van der Waals surface area contributed by atoms with Crippen molar-refractivity contribution >= 4 is 11.7 Å². The zero-order valence-corrected chi connectivity index (χ0v) is 9.09. The summed E-state index contributed by atoms with van der Waals surface area (Å²) in [6.07, 6.45) is -4.84. The molecule has 104 valence electrons. The molecule has 1 aromatic rings. The smallest absolute Gasteiger partial charge is 0.477 e. The summed E-state index contributed by atoms with van der Waals surface area (Å²) < 4.78 is 44.0. The van der Waals surface area contributed by atoms with Crippen molar-refractivity contribution in [2.75, 3.05) is 7.11 Å². The van der Waals surface area contributed by atoms with Crippen LogP contribution < -0.4 is 9.47 Å². The molecule has 11 heteroatoms. The third kappa shape index (κ3) is 3.20. The van der Waals surface area contributed by atoms with E-state index < -0.39 is 40.1 Å². The first kappa shape index (κ1) is 14.5. The fourth-order valence-electron chi connectivity index (χ4n) is 1.19. The Hall–Kier alpha value is -2.59. The first-order valence-electron chi connectivity index (χ1n) is 4.37. The molecule has 1 aromatic heterocycles. The summed E-state index contributed by atoms with van der Waals surface area (Å²) in [4.78, 5) is 23.5.